The molecule has 1 unspecified atom stereocenters. The first-order chi connectivity index (χ1) is 43.2. The Labute approximate surface area is 529 Å². The van der Waals surface area contributed by atoms with Crippen LogP contribution in [0.25, 0.3) is 10.1 Å². The number of fused-ring (bicyclic) bond motifs is 2. The number of nitrogens with one attached hydrogen (secondary N) is 2. The Bertz CT molecular complexity index is 4200. The molecular weight excluding hydrogens is 1190 g/mol. The lowest BCUT2D eigenvalue weighted by atomic mass is 9.77. The van der Waals surface area contributed by atoms with E-state index >= 15 is 14.4 Å². The number of aromatic nitrogens is 1. The third-order valence-corrected chi connectivity index (χ3v) is 20.4. The maximum absolute atomic E-state index is 15.8. The minimum absolute atomic E-state index is 0.0112. The summed E-state index contributed by atoms with van der Waals surface area (Å²) >= 11 is 12.6. The van der Waals surface area contributed by atoms with Crippen molar-refractivity contribution in [2.45, 2.75) is 32.9 Å². The summed E-state index contributed by atoms with van der Waals surface area (Å²) in [5.74, 6) is -1.92. The van der Waals surface area contributed by atoms with E-state index in [1.54, 1.807) is 12.1 Å². The van der Waals surface area contributed by atoms with Crippen LogP contribution in [-0.4, -0.2) is 50.5 Å². The van der Waals surface area contributed by atoms with Gasteiger partial charge in [0.1, 0.15) is 32.7 Å². The van der Waals surface area contributed by atoms with E-state index in [9.17, 15) is 4.79 Å². The van der Waals surface area contributed by atoms with Crippen LogP contribution in [0.5, 0.6) is 0 Å². The van der Waals surface area contributed by atoms with Crippen LogP contribution in [0, 0.1) is 0 Å². The molecule has 4 heterocycles. The molecule has 0 bridgehead atoms. The summed E-state index contributed by atoms with van der Waals surface area (Å²) in [7, 11) is 0. The fraction of sp³-hybridized carbons (Fsp3) is 0.0833. The van der Waals surface area contributed by atoms with E-state index in [2.05, 4.69) is 47.0 Å². The number of hydrogen-bond donors (Lipinski definition) is 2. The lowest BCUT2D eigenvalue weighted by Gasteiger charge is -2.49. The number of hydrogen-bond acceptors (Lipinski definition) is 13. The second kappa shape index (κ2) is 25.5. The quantitative estimate of drug-likeness (QED) is 0.0264. The van der Waals surface area contributed by atoms with Crippen LogP contribution in [0.15, 0.2) is 298 Å². The van der Waals surface area contributed by atoms with E-state index in [0.29, 0.717) is 36.3 Å². The highest BCUT2D eigenvalue weighted by Crippen LogP contribution is 2.48. The zero-order valence-corrected chi connectivity index (χ0v) is 50.7. The van der Waals surface area contributed by atoms with Gasteiger partial charge in [-0.3, -0.25) is 19.3 Å². The van der Waals surface area contributed by atoms with Gasteiger partial charge >= 0.3 is 5.97 Å². The van der Waals surface area contributed by atoms with Crippen LogP contribution in [-0.2, 0) is 35.1 Å². The van der Waals surface area contributed by atoms with Crippen molar-refractivity contribution in [2.75, 3.05) is 11.1 Å². The highest BCUT2D eigenvalue weighted by molar-refractivity contribution is 8.07. The molecule has 0 radical (unpaired) electrons. The molecule has 88 heavy (non-hydrogen) atoms. The first kappa shape index (κ1) is 57.7. The maximum Gasteiger partial charge on any atom is 0.356 e. The molecule has 1 saturated heterocycles. The molecule has 2 aromatic heterocycles. The van der Waals surface area contributed by atoms with Crippen molar-refractivity contribution in [1.29, 1.82) is 0 Å². The van der Waals surface area contributed by atoms with Gasteiger partial charge in [0.15, 0.2) is 22.4 Å². The standard InChI is InChI=1S/C72H52ClN5O6S4/c73-65-60(75-70(88-65)76-71(49-31-13-3-14-32-49,50-33-15-4-16-34-50)51-35-17-5-18-36-51)61(77-84-72(52-37-19-6-20-38-52,53-39-21-7-22-40-53)54-41-23-8-24-42-54)66(80)74-62-67(81)78-63(69(82)83-64(47-27-9-1-10-28-47)48-29-11-2-12-30-48)58(46-85-68(62)78)87-59-45-56(79)55-43-25-26-44-57(55)86-59/h1-45,62,64,68H,46H2,(H,74,80)(H,75,76)/b77-61-/t62?,68-/m1/s1. The molecule has 2 aliphatic rings. The van der Waals surface area contributed by atoms with Crippen LogP contribution in [0.2, 0.25) is 4.34 Å². The molecular formula is C72H52ClN5O6S4. The SMILES string of the molecule is O=C(OC(c1ccccc1)c1ccccc1)C1=C(Sc2cc(=O)c3ccccc3s2)CS[C@@H]2C(NC(=O)/C(=N\OC(c3ccccc3)(c3ccccc3)c3ccccc3)c3nc(NC(c4ccccc4)(c4ccccc4)c4ccccc4)sc3Cl)C(=O)N12. The van der Waals surface area contributed by atoms with E-state index in [0.717, 1.165) is 43.9 Å². The molecule has 11 aromatic rings. The highest BCUT2D eigenvalue weighted by atomic mass is 35.5. The number of rotatable bonds is 19. The van der Waals surface area contributed by atoms with E-state index in [4.69, 9.17) is 31.3 Å². The Morgan fingerprint density at radius 2 is 1.06 bits per heavy atom. The molecule has 13 rings (SSSR count). The van der Waals surface area contributed by atoms with Crippen LogP contribution in [0.4, 0.5) is 5.13 Å². The fourth-order valence-electron chi connectivity index (χ4n) is 11.3. The summed E-state index contributed by atoms with van der Waals surface area (Å²) in [6, 6.07) is 85.5. The minimum Gasteiger partial charge on any atom is -0.448 e. The summed E-state index contributed by atoms with van der Waals surface area (Å²) < 4.78 is 8.04. The number of β-lactam (4-membered cyclic amide) rings is 1. The third kappa shape index (κ3) is 11.2. The van der Waals surface area contributed by atoms with Crippen molar-refractivity contribution in [3.63, 3.8) is 0 Å². The Balaban J connectivity index is 0.911. The summed E-state index contributed by atoms with van der Waals surface area (Å²) in [5.41, 5.74) is 3.35. The highest BCUT2D eigenvalue weighted by Gasteiger charge is 2.55. The number of benzene rings is 9. The van der Waals surface area contributed by atoms with Crippen molar-refractivity contribution >= 4 is 96.5 Å². The fourth-order valence-corrected chi connectivity index (χ4v) is 16.3. The second-order valence-electron chi connectivity index (χ2n) is 20.7. The van der Waals surface area contributed by atoms with Gasteiger partial charge in [0, 0.05) is 43.5 Å². The number of nitrogens with zero attached hydrogens (tertiary/aromatic N) is 3. The molecule has 0 aliphatic carbocycles. The lowest BCUT2D eigenvalue weighted by molar-refractivity contribution is -0.154. The number of thiazole rings is 1. The normalized spacial score (nSPS) is 15.1. The number of halogens is 1. The Kier molecular flexibility index (Phi) is 16.7. The average molecular weight is 1250 g/mol. The van der Waals surface area contributed by atoms with Crippen molar-refractivity contribution in [1.82, 2.24) is 15.2 Å². The molecule has 2 amide bonds. The minimum atomic E-state index is -1.45. The number of ether oxygens (including phenoxy) is 1. The van der Waals surface area contributed by atoms with Crippen LogP contribution >= 0.6 is 57.8 Å². The van der Waals surface area contributed by atoms with Gasteiger partial charge in [-0.1, -0.05) is 295 Å². The number of carbonyl (C=O) groups is 3. The number of carbonyl (C=O) groups excluding carboxylic acids is 3. The summed E-state index contributed by atoms with van der Waals surface area (Å²) in [6.45, 7) is 0. The van der Waals surface area contributed by atoms with E-state index in [1.807, 2.05) is 224 Å². The van der Waals surface area contributed by atoms with Crippen LogP contribution in [0.3, 0.4) is 0 Å². The van der Waals surface area contributed by atoms with Gasteiger partial charge in [0.25, 0.3) is 11.8 Å². The number of thioether (sulfide) groups is 2. The second-order valence-corrected chi connectivity index (χ2v) is 25.9. The molecule has 1 fully saturated rings. The van der Waals surface area contributed by atoms with Gasteiger partial charge in [0.05, 0.1) is 4.21 Å². The maximum atomic E-state index is 15.8. The smallest absolute Gasteiger partial charge is 0.356 e. The van der Waals surface area contributed by atoms with Gasteiger partial charge in [-0.2, -0.15) is 0 Å². The largest absolute Gasteiger partial charge is 0.448 e. The number of esters is 1. The predicted molar refractivity (Wildman–Crippen MR) is 354 cm³/mol. The van der Waals surface area contributed by atoms with Gasteiger partial charge in [0.2, 0.25) is 5.60 Å². The zero-order chi connectivity index (χ0) is 60.0. The molecule has 2 N–H and O–H groups in total. The van der Waals surface area contributed by atoms with E-state index in [-0.39, 0.29) is 32.6 Å². The average Bonchev–Trinajstić information content (AvgIpc) is 1.32. The molecule has 2 aliphatic heterocycles. The van der Waals surface area contributed by atoms with Crippen molar-refractivity contribution < 1.29 is 24.0 Å². The van der Waals surface area contributed by atoms with Crippen LogP contribution in [0.1, 0.15) is 56.3 Å². The molecule has 0 spiro atoms. The van der Waals surface area contributed by atoms with Gasteiger partial charge in [-0.25, -0.2) is 9.78 Å². The Morgan fingerprint density at radius 1 is 0.602 bits per heavy atom. The number of anilines is 1. The zero-order valence-electron chi connectivity index (χ0n) is 46.7. The summed E-state index contributed by atoms with van der Waals surface area (Å²) in [5, 5.41) is 11.9. The van der Waals surface area contributed by atoms with Crippen molar-refractivity contribution in [3.05, 3.63) is 348 Å². The lowest BCUT2D eigenvalue weighted by Crippen LogP contribution is -2.71. The monoisotopic (exact) mass is 1250 g/mol. The van der Waals surface area contributed by atoms with Gasteiger partial charge in [-0.15, -0.1) is 23.1 Å². The topological polar surface area (TPSA) is 139 Å². The summed E-state index contributed by atoms with van der Waals surface area (Å²) in [6.07, 6.45) is -0.848. The molecule has 432 valence electrons. The first-order valence-electron chi connectivity index (χ1n) is 28.2. The van der Waals surface area contributed by atoms with Gasteiger partial charge < -0.3 is 20.2 Å². The molecule has 11 nitrogen and oxygen atoms in total. The molecule has 2 atom stereocenters. The molecule has 9 aromatic carbocycles. The first-order valence-corrected chi connectivity index (χ1v) is 32.1. The Morgan fingerprint density at radius 3 is 1.56 bits per heavy atom. The predicted octanol–water partition coefficient (Wildman–Crippen LogP) is 15.2. The number of oxime groups is 1. The van der Waals surface area contributed by atoms with Crippen molar-refractivity contribution in [3.8, 4) is 0 Å². The van der Waals surface area contributed by atoms with Crippen molar-refractivity contribution in [2.24, 2.45) is 5.16 Å². The summed E-state index contributed by atoms with van der Waals surface area (Å²) in [4.78, 5) is 73.9. The number of amides is 2. The Hall–Kier alpha value is -9.35. The van der Waals surface area contributed by atoms with E-state index < -0.39 is 46.4 Å². The third-order valence-electron chi connectivity index (χ3n) is 15.4. The van der Waals surface area contributed by atoms with Crippen LogP contribution < -0.4 is 16.1 Å². The molecule has 0 saturated carbocycles. The molecule has 16 heteroatoms. The van der Waals surface area contributed by atoms with E-state index in [1.165, 1.54) is 39.8 Å². The van der Waals surface area contributed by atoms with Gasteiger partial charge in [-0.05, 0) is 39.9 Å².